The van der Waals surface area contributed by atoms with E-state index in [0.717, 1.165) is 34.1 Å². The smallest absolute Gasteiger partial charge is 0.170 e. The fourth-order valence-corrected chi connectivity index (χ4v) is 5.61. The molecule has 1 atom stereocenters. The Morgan fingerprint density at radius 2 is 1.90 bits per heavy atom. The summed E-state index contributed by atoms with van der Waals surface area (Å²) in [5.74, 6) is 1.81. The maximum atomic E-state index is 5.89. The molecule has 1 aromatic carbocycles. The molecule has 0 spiro atoms. The highest BCUT2D eigenvalue weighted by Crippen LogP contribution is 2.46. The topological polar surface area (TPSA) is 56.2 Å². The minimum absolute atomic E-state index is 0.184. The summed E-state index contributed by atoms with van der Waals surface area (Å²) in [6.07, 6.45) is 4.45. The SMILES string of the molecule is Cc1noc2c1-c1sc(C)c(C)c1C(c1ccc(I)cc1)=N[C@H]2Cc1nccn1C. The fourth-order valence-electron chi connectivity index (χ4n) is 3.99. The Labute approximate surface area is 193 Å². The maximum absolute atomic E-state index is 5.89. The number of aliphatic imine (C=N–C) groups is 1. The summed E-state index contributed by atoms with van der Waals surface area (Å²) >= 11 is 4.14. The van der Waals surface area contributed by atoms with E-state index in [1.807, 2.05) is 30.9 Å². The lowest BCUT2D eigenvalue weighted by atomic mass is 9.96. The molecule has 0 bridgehead atoms. The van der Waals surface area contributed by atoms with Crippen molar-refractivity contribution >= 4 is 39.6 Å². The quantitative estimate of drug-likeness (QED) is 0.316. The van der Waals surface area contributed by atoms with Gasteiger partial charge in [0.2, 0.25) is 0 Å². The van der Waals surface area contributed by atoms with Crippen LogP contribution < -0.4 is 0 Å². The number of benzene rings is 1. The van der Waals surface area contributed by atoms with Gasteiger partial charge in [-0.1, -0.05) is 17.3 Å². The van der Waals surface area contributed by atoms with E-state index in [4.69, 9.17) is 9.52 Å². The van der Waals surface area contributed by atoms with Crippen LogP contribution in [-0.2, 0) is 13.5 Å². The first-order chi connectivity index (χ1) is 14.4. The Balaban J connectivity index is 1.77. The monoisotopic (exact) mass is 528 g/mol. The van der Waals surface area contributed by atoms with Gasteiger partial charge in [-0.25, -0.2) is 4.98 Å². The summed E-state index contributed by atoms with van der Waals surface area (Å²) in [6, 6.07) is 8.40. The van der Waals surface area contributed by atoms with Crippen LogP contribution in [0.3, 0.4) is 0 Å². The van der Waals surface area contributed by atoms with E-state index in [0.29, 0.717) is 6.42 Å². The van der Waals surface area contributed by atoms with Crippen LogP contribution >= 0.6 is 33.9 Å². The second kappa shape index (κ2) is 7.46. The number of aromatic nitrogens is 3. The van der Waals surface area contributed by atoms with Crippen LogP contribution in [0.2, 0.25) is 0 Å². The van der Waals surface area contributed by atoms with Crippen LogP contribution in [0.4, 0.5) is 0 Å². The average Bonchev–Trinajstić information content (AvgIpc) is 3.35. The summed E-state index contributed by atoms with van der Waals surface area (Å²) in [6.45, 7) is 6.38. The predicted octanol–water partition coefficient (Wildman–Crippen LogP) is 5.80. The summed E-state index contributed by atoms with van der Waals surface area (Å²) < 4.78 is 9.14. The number of aryl methyl sites for hydroxylation is 3. The Morgan fingerprint density at radius 3 is 2.60 bits per heavy atom. The molecule has 5 nitrogen and oxygen atoms in total. The van der Waals surface area contributed by atoms with Gasteiger partial charge in [-0.2, -0.15) is 0 Å². The van der Waals surface area contributed by atoms with Gasteiger partial charge in [-0.3, -0.25) is 4.99 Å². The molecule has 4 heterocycles. The third-order valence-corrected chi connectivity index (χ3v) is 7.68. The molecule has 0 unspecified atom stereocenters. The van der Waals surface area contributed by atoms with Gasteiger partial charge in [-0.15, -0.1) is 11.3 Å². The summed E-state index contributed by atoms with van der Waals surface area (Å²) in [7, 11) is 2.01. The van der Waals surface area contributed by atoms with E-state index in [-0.39, 0.29) is 6.04 Å². The van der Waals surface area contributed by atoms with E-state index in [1.165, 1.54) is 24.5 Å². The summed E-state index contributed by atoms with van der Waals surface area (Å²) in [5.41, 5.74) is 6.63. The number of fused-ring (bicyclic) bond motifs is 3. The number of hydrogen-bond acceptors (Lipinski definition) is 5. The normalized spacial score (nSPS) is 15.5. The lowest BCUT2D eigenvalue weighted by Crippen LogP contribution is -2.10. The molecular weight excluding hydrogens is 507 g/mol. The first-order valence-corrected chi connectivity index (χ1v) is 11.7. The van der Waals surface area contributed by atoms with Gasteiger partial charge in [0, 0.05) is 50.3 Å². The molecule has 0 amide bonds. The molecule has 152 valence electrons. The summed E-state index contributed by atoms with van der Waals surface area (Å²) in [4.78, 5) is 12.3. The van der Waals surface area contributed by atoms with Gasteiger partial charge in [0.05, 0.1) is 17.0 Å². The van der Waals surface area contributed by atoms with Gasteiger partial charge < -0.3 is 9.09 Å². The van der Waals surface area contributed by atoms with E-state index in [9.17, 15) is 0 Å². The molecule has 3 aromatic heterocycles. The van der Waals surface area contributed by atoms with E-state index < -0.39 is 0 Å². The standard InChI is InChI=1S/C23H21IN4OS/c1-12-14(3)30-23-19(12)21(15-5-7-16(24)8-6-15)26-17(11-18-25-9-10-28(18)4)22-20(23)13(2)27-29-22/h5-10,17H,11H2,1-4H3/t17-/m0/s1. The van der Waals surface area contributed by atoms with Gasteiger partial charge in [0.1, 0.15) is 11.9 Å². The molecule has 0 N–H and O–H groups in total. The number of rotatable bonds is 3. The van der Waals surface area contributed by atoms with Crippen molar-refractivity contribution in [3.05, 3.63) is 79.1 Å². The van der Waals surface area contributed by atoms with Crippen LogP contribution in [-0.4, -0.2) is 20.4 Å². The Morgan fingerprint density at radius 1 is 1.13 bits per heavy atom. The van der Waals surface area contributed by atoms with Crippen molar-refractivity contribution in [3.8, 4) is 10.4 Å². The zero-order valence-electron chi connectivity index (χ0n) is 17.2. The van der Waals surface area contributed by atoms with Crippen molar-refractivity contribution in [2.75, 3.05) is 0 Å². The number of imidazole rings is 1. The van der Waals surface area contributed by atoms with Gasteiger partial charge in [0.15, 0.2) is 5.76 Å². The lowest BCUT2D eigenvalue weighted by molar-refractivity contribution is 0.357. The van der Waals surface area contributed by atoms with E-state index >= 15 is 0 Å². The fraction of sp³-hybridized carbons (Fsp3) is 0.261. The Kier molecular flexibility index (Phi) is 4.89. The van der Waals surface area contributed by atoms with E-state index in [1.54, 1.807) is 11.3 Å². The minimum Gasteiger partial charge on any atom is -0.358 e. The highest BCUT2D eigenvalue weighted by atomic mass is 127. The third kappa shape index (κ3) is 3.15. The highest BCUT2D eigenvalue weighted by Gasteiger charge is 2.33. The minimum atomic E-state index is -0.184. The van der Waals surface area contributed by atoms with Gasteiger partial charge in [0.25, 0.3) is 0 Å². The van der Waals surface area contributed by atoms with Crippen molar-refractivity contribution in [2.45, 2.75) is 33.2 Å². The molecule has 0 radical (unpaired) electrons. The molecule has 0 saturated heterocycles. The molecule has 5 rings (SSSR count). The molecule has 0 aliphatic carbocycles. The maximum Gasteiger partial charge on any atom is 0.170 e. The zero-order valence-corrected chi connectivity index (χ0v) is 20.2. The first kappa shape index (κ1) is 19.7. The van der Waals surface area contributed by atoms with Gasteiger partial charge >= 0.3 is 0 Å². The lowest BCUT2D eigenvalue weighted by Gasteiger charge is -2.13. The van der Waals surface area contributed by atoms with Crippen LogP contribution in [0, 0.1) is 24.3 Å². The Hall–Kier alpha value is -2.26. The van der Waals surface area contributed by atoms with Crippen molar-refractivity contribution in [1.29, 1.82) is 0 Å². The van der Waals surface area contributed by atoms with Crippen LogP contribution in [0.25, 0.3) is 10.4 Å². The van der Waals surface area contributed by atoms with Crippen molar-refractivity contribution in [1.82, 2.24) is 14.7 Å². The molecule has 0 fully saturated rings. The predicted molar refractivity (Wildman–Crippen MR) is 128 cm³/mol. The molecule has 30 heavy (non-hydrogen) atoms. The molecule has 4 aromatic rings. The number of hydrogen-bond donors (Lipinski definition) is 0. The second-order valence-corrected chi connectivity index (χ2v) is 10.1. The van der Waals surface area contributed by atoms with Gasteiger partial charge in [-0.05, 0) is 61.1 Å². The largest absolute Gasteiger partial charge is 0.358 e. The van der Waals surface area contributed by atoms with Crippen molar-refractivity contribution < 1.29 is 4.52 Å². The molecule has 1 aliphatic rings. The number of thiophene rings is 1. The number of halogens is 1. The van der Waals surface area contributed by atoms with Crippen molar-refractivity contribution in [2.24, 2.45) is 12.0 Å². The second-order valence-electron chi connectivity index (χ2n) is 7.65. The van der Waals surface area contributed by atoms with Crippen LogP contribution in [0.15, 0.2) is 46.2 Å². The molecule has 1 aliphatic heterocycles. The van der Waals surface area contributed by atoms with Crippen LogP contribution in [0.5, 0.6) is 0 Å². The first-order valence-electron chi connectivity index (χ1n) is 9.81. The zero-order chi connectivity index (χ0) is 21.0. The molecule has 0 saturated carbocycles. The Bertz CT molecular complexity index is 1280. The number of nitrogens with zero attached hydrogens (tertiary/aromatic N) is 4. The van der Waals surface area contributed by atoms with Crippen LogP contribution in [0.1, 0.15) is 44.9 Å². The average molecular weight is 528 g/mol. The van der Waals surface area contributed by atoms with E-state index in [2.05, 4.69) is 70.8 Å². The molecular formula is C23H21IN4OS. The summed E-state index contributed by atoms with van der Waals surface area (Å²) in [5, 5.41) is 4.32. The highest BCUT2D eigenvalue weighted by molar-refractivity contribution is 14.1. The third-order valence-electron chi connectivity index (χ3n) is 5.74. The van der Waals surface area contributed by atoms with Crippen molar-refractivity contribution in [3.63, 3.8) is 0 Å². The molecule has 7 heteroatoms.